The predicted octanol–water partition coefficient (Wildman–Crippen LogP) is 18.6. The monoisotopic (exact) mass is 1110 g/mol. The van der Waals surface area contributed by atoms with Crippen LogP contribution in [-0.4, -0.2) is 31.5 Å². The highest BCUT2D eigenvalue weighted by atomic mass is 127. The Morgan fingerprint density at radius 3 is 0.987 bits per heavy atom. The van der Waals surface area contributed by atoms with Gasteiger partial charge in [-0.05, 0) is 159 Å². The number of Topliss-reactive ketones (excluding diaryl/α,β-unsaturated/α-hetero) is 2. The number of halogens is 1. The zero-order chi connectivity index (χ0) is 54.7. The van der Waals surface area contributed by atoms with Gasteiger partial charge in [-0.2, -0.15) is 0 Å². The van der Waals surface area contributed by atoms with E-state index in [0.29, 0.717) is 22.3 Å². The average Bonchev–Trinajstić information content (AvgIpc) is 4.13. The van der Waals surface area contributed by atoms with Gasteiger partial charge in [0.15, 0.2) is 0 Å². The van der Waals surface area contributed by atoms with Gasteiger partial charge in [-0.1, -0.05) is 191 Å². The molecule has 0 fully saturated rings. The number of hydrogen-bond acceptors (Lipinski definition) is 4. The summed E-state index contributed by atoms with van der Waals surface area (Å²) in [4.78, 5) is 49.5. The maximum absolute atomic E-state index is 15.4. The number of benzene rings is 4. The molecule has 7 aromatic rings. The maximum atomic E-state index is 15.4. The van der Waals surface area contributed by atoms with Crippen LogP contribution in [0.25, 0.3) is 78.7 Å². The lowest BCUT2D eigenvalue weighted by molar-refractivity contribution is 0.0826. The maximum Gasteiger partial charge on any atom is 0.254 e. The van der Waals surface area contributed by atoms with Crippen LogP contribution in [0.4, 0.5) is 0 Å². The summed E-state index contributed by atoms with van der Waals surface area (Å²) < 4.78 is 1.12. The Bertz CT molecular complexity index is 3590. The van der Waals surface area contributed by atoms with Crippen LogP contribution in [0.2, 0.25) is 0 Å². The molecule has 2 N–H and O–H groups in total. The van der Waals surface area contributed by atoms with Gasteiger partial charge >= 0.3 is 0 Å². The molecule has 8 bridgehead atoms. The van der Waals surface area contributed by atoms with Crippen LogP contribution in [0.5, 0.6) is 0 Å². The lowest BCUT2D eigenvalue weighted by atomic mass is 9.78. The number of ketones is 2. The van der Waals surface area contributed by atoms with E-state index in [2.05, 4.69) is 260 Å². The van der Waals surface area contributed by atoms with Gasteiger partial charge in [-0.3, -0.25) is 9.59 Å². The number of nitrogens with one attached hydrogen (secondary N) is 2. The normalized spacial score (nSPS) is 13.8. The summed E-state index contributed by atoms with van der Waals surface area (Å²) in [6.07, 6.45) is 4.03. The van der Waals surface area contributed by atoms with E-state index in [1.807, 2.05) is 12.2 Å². The summed E-state index contributed by atoms with van der Waals surface area (Å²) in [6.45, 7) is 40.1. The summed E-state index contributed by atoms with van der Waals surface area (Å²) >= 11 is 2.35. The Balaban J connectivity index is 1.56. The van der Waals surface area contributed by atoms with Crippen molar-refractivity contribution >= 4 is 68.4 Å². The fraction of sp³-hybridized carbons (Fsp3) is 0.353. The summed E-state index contributed by atoms with van der Waals surface area (Å²) in [7, 11) is 0. The van der Waals surface area contributed by atoms with Crippen molar-refractivity contribution in [2.75, 3.05) is 0 Å². The molecule has 7 heteroatoms. The molecule has 386 valence electrons. The summed E-state index contributed by atoms with van der Waals surface area (Å²) in [5.74, 6) is -1.31. The molecule has 4 aromatic carbocycles. The summed E-state index contributed by atoms with van der Waals surface area (Å²) in [5.41, 5.74) is 17.1. The third kappa shape index (κ3) is 10.6. The first kappa shape index (κ1) is 53.6. The molecule has 0 atom stereocenters. The summed E-state index contributed by atoms with van der Waals surface area (Å²) in [5, 5.41) is 0. The van der Waals surface area contributed by atoms with Crippen LogP contribution in [0.15, 0.2) is 103 Å². The third-order valence-corrected chi connectivity index (χ3v) is 15.6. The van der Waals surface area contributed by atoms with Crippen LogP contribution in [0.1, 0.15) is 190 Å². The molecule has 0 saturated carbocycles. The smallest absolute Gasteiger partial charge is 0.254 e. The molecule has 6 nitrogen and oxygen atoms in total. The standard InChI is InChI=1S/C68H75IN4O2/c1-63(2,3)42-29-39(30-43(35-42)64(4,5)6)56-51-24-23-49(70-51)55(38-19-21-48(69)22-20-38)50-25-27-53(71-50)57(40-31-44(65(7,8)9)36-45(32-40)66(10,11)12)59-61(74)62(75)60(73-59)58(54-28-26-52(56)72-54)41-33-46(67(13,14)15)37-47(34-41)68(16,17)18/h19-37,70,72H,1-18H3. The Hall–Kier alpha value is -6.19. The van der Waals surface area contributed by atoms with E-state index in [1.54, 1.807) is 0 Å². The van der Waals surface area contributed by atoms with E-state index in [4.69, 9.17) is 9.97 Å². The highest BCUT2D eigenvalue weighted by molar-refractivity contribution is 14.1. The van der Waals surface area contributed by atoms with E-state index in [9.17, 15) is 0 Å². The molecular formula is C68H75IN4O2. The second-order valence-electron chi connectivity index (χ2n) is 27.2. The molecule has 3 aromatic heterocycles. The zero-order valence-electron chi connectivity index (χ0n) is 47.6. The number of H-pyrrole nitrogens is 2. The van der Waals surface area contributed by atoms with Gasteiger partial charge in [-0.25, -0.2) is 9.97 Å². The van der Waals surface area contributed by atoms with Crippen LogP contribution in [-0.2, 0) is 32.5 Å². The minimum atomic E-state index is -0.656. The first-order chi connectivity index (χ1) is 34.7. The van der Waals surface area contributed by atoms with Crippen molar-refractivity contribution in [3.05, 3.63) is 163 Å². The fourth-order valence-electron chi connectivity index (χ4n) is 10.0. The molecule has 0 radical (unpaired) electrons. The Kier molecular flexibility index (Phi) is 13.2. The van der Waals surface area contributed by atoms with Crippen molar-refractivity contribution in [2.45, 2.75) is 157 Å². The number of carbonyl (C=O) groups is 2. The average molecular weight is 1110 g/mol. The number of carbonyl (C=O) groups excluding carboxylic acids is 2. The Morgan fingerprint density at radius 1 is 0.333 bits per heavy atom. The Morgan fingerprint density at radius 2 is 0.627 bits per heavy atom. The van der Waals surface area contributed by atoms with Crippen LogP contribution < -0.4 is 0 Å². The minimum absolute atomic E-state index is 0.0869. The van der Waals surface area contributed by atoms with Crippen molar-refractivity contribution in [2.24, 2.45) is 0 Å². The second kappa shape index (κ2) is 18.5. The Labute approximate surface area is 459 Å². The molecule has 0 amide bonds. The predicted molar refractivity (Wildman–Crippen MR) is 325 cm³/mol. The first-order valence-electron chi connectivity index (χ1n) is 26.5. The van der Waals surface area contributed by atoms with Gasteiger partial charge in [0.1, 0.15) is 11.4 Å². The SMILES string of the molecule is CC(C)(C)c1cc(-c2c3nc(c(-c4ccc(I)cc4)c4ccc([nH]4)c(-c4cc(C(C)(C)C)cc(C(C)(C)C)c4)c4ccc([nH]4)c(-c4cc(C(C)(C)C)cc(C(C)(C)C)c4)c4nc2C(=O)C4=O)C=C3)cc(C(C)(C)C)c1. The van der Waals surface area contributed by atoms with E-state index >= 15 is 9.59 Å². The van der Waals surface area contributed by atoms with Crippen LogP contribution in [0, 0.1) is 3.57 Å². The quantitative estimate of drug-likeness (QED) is 0.136. The topological polar surface area (TPSA) is 91.5 Å². The number of fused-ring (bicyclic) bond motifs is 8. The highest BCUT2D eigenvalue weighted by Gasteiger charge is 2.36. The number of nitrogens with zero attached hydrogens (tertiary/aromatic N) is 2. The number of aromatic amines is 2. The van der Waals surface area contributed by atoms with Crippen LogP contribution in [0.3, 0.4) is 0 Å². The molecule has 2 aliphatic heterocycles. The van der Waals surface area contributed by atoms with Crippen molar-refractivity contribution in [3.8, 4) is 44.5 Å². The lowest BCUT2D eigenvalue weighted by Crippen LogP contribution is -2.17. The third-order valence-electron chi connectivity index (χ3n) is 14.9. The molecule has 9 rings (SSSR count). The lowest BCUT2D eigenvalue weighted by Gasteiger charge is -2.26. The largest absolute Gasteiger partial charge is 0.354 e. The molecule has 0 saturated heterocycles. The van der Waals surface area contributed by atoms with Gasteiger partial charge < -0.3 is 9.97 Å². The molecule has 0 unspecified atom stereocenters. The second-order valence-corrected chi connectivity index (χ2v) is 28.4. The number of aromatic nitrogens is 4. The van der Waals surface area contributed by atoms with Crippen molar-refractivity contribution in [1.82, 2.24) is 19.9 Å². The number of hydrogen-bond donors (Lipinski definition) is 2. The highest BCUT2D eigenvalue weighted by Crippen LogP contribution is 2.44. The van der Waals surface area contributed by atoms with Gasteiger partial charge in [0.2, 0.25) is 0 Å². The number of rotatable bonds is 4. The molecule has 5 heterocycles. The molecular weight excluding hydrogens is 1030 g/mol. The van der Waals surface area contributed by atoms with Gasteiger partial charge in [-0.15, -0.1) is 0 Å². The van der Waals surface area contributed by atoms with E-state index in [1.165, 1.54) is 11.1 Å². The van der Waals surface area contributed by atoms with Crippen molar-refractivity contribution < 1.29 is 9.59 Å². The minimum Gasteiger partial charge on any atom is -0.354 e. The molecule has 2 aliphatic rings. The van der Waals surface area contributed by atoms with Crippen molar-refractivity contribution in [1.29, 1.82) is 0 Å². The van der Waals surface area contributed by atoms with E-state index in [0.717, 1.165) is 81.4 Å². The molecule has 75 heavy (non-hydrogen) atoms. The van der Waals surface area contributed by atoms with E-state index < -0.39 is 11.6 Å². The molecule has 0 aliphatic carbocycles. The fourth-order valence-corrected chi connectivity index (χ4v) is 10.4. The molecule has 0 spiro atoms. The summed E-state index contributed by atoms with van der Waals surface area (Å²) in [6, 6.07) is 37.3. The zero-order valence-corrected chi connectivity index (χ0v) is 49.7. The van der Waals surface area contributed by atoms with Crippen LogP contribution >= 0.6 is 22.6 Å². The van der Waals surface area contributed by atoms with E-state index in [-0.39, 0.29) is 43.9 Å². The van der Waals surface area contributed by atoms with Gasteiger partial charge in [0.05, 0.1) is 11.4 Å². The van der Waals surface area contributed by atoms with Crippen molar-refractivity contribution in [3.63, 3.8) is 0 Å². The van der Waals surface area contributed by atoms with Gasteiger partial charge in [0.25, 0.3) is 11.6 Å². The first-order valence-corrected chi connectivity index (χ1v) is 27.6. The van der Waals surface area contributed by atoms with Gasteiger partial charge in [0, 0.05) is 47.9 Å².